The molecule has 0 aliphatic carbocycles. The van der Waals surface area contributed by atoms with Gasteiger partial charge in [-0.3, -0.25) is 4.79 Å². The minimum atomic E-state index is -0.767. The molecular weight excluding hydrogens is 144 g/mol. The molecule has 1 unspecified atom stereocenters. The Bertz CT molecular complexity index is 112. The van der Waals surface area contributed by atoms with Crippen molar-refractivity contribution in [3.63, 3.8) is 0 Å². The summed E-state index contributed by atoms with van der Waals surface area (Å²) in [6, 6.07) is 0. The van der Waals surface area contributed by atoms with E-state index in [1.54, 1.807) is 0 Å². The lowest BCUT2D eigenvalue weighted by atomic mass is 10.1. The first-order chi connectivity index (χ1) is 5.20. The molecule has 0 saturated carbocycles. The molecular formula is C8H14O3. The number of carbonyl (C=O) groups is 1. The van der Waals surface area contributed by atoms with Crippen molar-refractivity contribution in [2.45, 2.75) is 31.8 Å². The van der Waals surface area contributed by atoms with Crippen LogP contribution in [0.1, 0.15) is 25.7 Å². The Morgan fingerprint density at radius 3 is 2.55 bits per heavy atom. The number of hydrogen-bond acceptors (Lipinski definition) is 3. The summed E-state index contributed by atoms with van der Waals surface area (Å²) < 4.78 is 0. The summed E-state index contributed by atoms with van der Waals surface area (Å²) in [6.07, 6.45) is 0.581. The first-order valence-corrected chi connectivity index (χ1v) is 3.71. The van der Waals surface area contributed by atoms with Crippen LogP contribution in [0.2, 0.25) is 0 Å². The van der Waals surface area contributed by atoms with Gasteiger partial charge in [-0.1, -0.05) is 0 Å². The Hall–Kier alpha value is -0.410. The second kappa shape index (κ2) is 6.31. The van der Waals surface area contributed by atoms with Gasteiger partial charge in [0, 0.05) is 12.8 Å². The molecule has 3 heteroatoms. The second-order valence-electron chi connectivity index (χ2n) is 2.45. The predicted molar refractivity (Wildman–Crippen MR) is 40.9 cm³/mol. The van der Waals surface area contributed by atoms with Gasteiger partial charge in [-0.15, -0.1) is 0 Å². The van der Waals surface area contributed by atoms with Gasteiger partial charge in [-0.25, -0.2) is 0 Å². The van der Waals surface area contributed by atoms with Crippen molar-refractivity contribution in [3.05, 3.63) is 6.92 Å². The summed E-state index contributed by atoms with van der Waals surface area (Å²) in [6.45, 7) is 4.85. The lowest BCUT2D eigenvalue weighted by Crippen LogP contribution is -2.13. The number of aliphatic hydroxyl groups is 2. The third-order valence-corrected chi connectivity index (χ3v) is 1.39. The van der Waals surface area contributed by atoms with E-state index < -0.39 is 6.10 Å². The minimum Gasteiger partial charge on any atom is -0.394 e. The van der Waals surface area contributed by atoms with Crippen LogP contribution in [0.3, 0.4) is 0 Å². The molecule has 11 heavy (non-hydrogen) atoms. The van der Waals surface area contributed by atoms with Gasteiger partial charge in [0.1, 0.15) is 5.78 Å². The first-order valence-electron chi connectivity index (χ1n) is 3.71. The molecule has 0 aliphatic heterocycles. The van der Waals surface area contributed by atoms with Gasteiger partial charge in [0.2, 0.25) is 0 Å². The van der Waals surface area contributed by atoms with E-state index in [1.807, 2.05) is 0 Å². The highest BCUT2D eigenvalue weighted by Crippen LogP contribution is 2.01. The molecule has 0 aliphatic rings. The smallest absolute Gasteiger partial charge is 0.133 e. The van der Waals surface area contributed by atoms with Crippen LogP contribution in [0.4, 0.5) is 0 Å². The second-order valence-corrected chi connectivity index (χ2v) is 2.45. The zero-order valence-corrected chi connectivity index (χ0v) is 6.49. The van der Waals surface area contributed by atoms with E-state index in [9.17, 15) is 4.79 Å². The fourth-order valence-corrected chi connectivity index (χ4v) is 0.705. The maximum absolute atomic E-state index is 10.8. The molecule has 0 heterocycles. The zero-order valence-electron chi connectivity index (χ0n) is 6.49. The lowest BCUT2D eigenvalue weighted by Gasteiger charge is -2.04. The molecule has 0 saturated heterocycles. The third-order valence-electron chi connectivity index (χ3n) is 1.39. The third kappa shape index (κ3) is 6.01. The Morgan fingerprint density at radius 1 is 1.45 bits per heavy atom. The van der Waals surface area contributed by atoms with Crippen LogP contribution in [0, 0.1) is 6.92 Å². The summed E-state index contributed by atoms with van der Waals surface area (Å²) in [5.74, 6) is 0.0417. The molecule has 0 rings (SSSR count). The molecule has 0 aromatic carbocycles. The molecule has 0 bridgehead atoms. The molecule has 0 aromatic rings. The fourth-order valence-electron chi connectivity index (χ4n) is 0.705. The lowest BCUT2D eigenvalue weighted by molar-refractivity contribution is -0.119. The van der Waals surface area contributed by atoms with Crippen LogP contribution in [-0.2, 0) is 4.79 Å². The van der Waals surface area contributed by atoms with Crippen molar-refractivity contribution in [3.8, 4) is 0 Å². The predicted octanol–water partition coefficient (Wildman–Crippen LogP) is 0.180. The largest absolute Gasteiger partial charge is 0.394 e. The maximum Gasteiger partial charge on any atom is 0.133 e. The summed E-state index contributed by atoms with van der Waals surface area (Å²) in [7, 11) is 0. The molecule has 0 amide bonds. The summed E-state index contributed by atoms with van der Waals surface area (Å²) in [5.41, 5.74) is 0. The van der Waals surface area contributed by atoms with Crippen molar-refractivity contribution < 1.29 is 15.0 Å². The van der Waals surface area contributed by atoms with Crippen LogP contribution < -0.4 is 0 Å². The van der Waals surface area contributed by atoms with E-state index in [-0.39, 0.29) is 12.4 Å². The Kier molecular flexibility index (Phi) is 6.07. The molecule has 2 N–H and O–H groups in total. The van der Waals surface area contributed by atoms with E-state index >= 15 is 0 Å². The zero-order chi connectivity index (χ0) is 8.69. The SMILES string of the molecule is [CH]CCC(=O)CCC(O)CO. The number of aliphatic hydroxyl groups excluding tert-OH is 2. The Morgan fingerprint density at radius 2 is 2.09 bits per heavy atom. The van der Waals surface area contributed by atoms with Gasteiger partial charge in [-0.2, -0.15) is 0 Å². The number of hydrogen-bond donors (Lipinski definition) is 2. The standard InChI is InChI=1S/C8H14O3/c1-2-3-7(10)4-5-8(11)6-9/h1,8-9,11H,2-6H2. The molecule has 64 valence electrons. The number of ketones is 1. The average Bonchev–Trinajstić information content (AvgIpc) is 2.01. The normalized spacial score (nSPS) is 13.0. The number of carbonyl (C=O) groups excluding carboxylic acids is 1. The van der Waals surface area contributed by atoms with Crippen molar-refractivity contribution in [1.82, 2.24) is 0 Å². The minimum absolute atomic E-state index is 0.0417. The first kappa shape index (κ1) is 10.6. The van der Waals surface area contributed by atoms with Crippen molar-refractivity contribution >= 4 is 5.78 Å². The van der Waals surface area contributed by atoms with Crippen LogP contribution in [-0.4, -0.2) is 28.7 Å². The van der Waals surface area contributed by atoms with Gasteiger partial charge in [-0.05, 0) is 19.8 Å². The maximum atomic E-state index is 10.8. The van der Waals surface area contributed by atoms with Gasteiger partial charge in [0.05, 0.1) is 12.7 Å². The highest BCUT2D eigenvalue weighted by Gasteiger charge is 2.05. The van der Waals surface area contributed by atoms with E-state index in [0.29, 0.717) is 25.7 Å². The van der Waals surface area contributed by atoms with Crippen molar-refractivity contribution in [2.75, 3.05) is 6.61 Å². The quantitative estimate of drug-likeness (QED) is 0.579. The van der Waals surface area contributed by atoms with Crippen LogP contribution in [0.5, 0.6) is 0 Å². The average molecular weight is 158 g/mol. The molecule has 2 radical (unpaired) electrons. The Labute approximate surface area is 67.0 Å². The molecule has 0 aromatic heterocycles. The van der Waals surface area contributed by atoms with E-state index in [2.05, 4.69) is 0 Å². The molecule has 0 fully saturated rings. The summed E-state index contributed by atoms with van der Waals surface area (Å²) in [5, 5.41) is 17.2. The van der Waals surface area contributed by atoms with Crippen LogP contribution >= 0.6 is 0 Å². The summed E-state index contributed by atoms with van der Waals surface area (Å²) in [4.78, 5) is 10.8. The van der Waals surface area contributed by atoms with Crippen LogP contribution in [0.25, 0.3) is 0 Å². The highest BCUT2D eigenvalue weighted by molar-refractivity contribution is 5.78. The van der Waals surface area contributed by atoms with Gasteiger partial charge in [0.15, 0.2) is 0 Å². The van der Waals surface area contributed by atoms with Gasteiger partial charge >= 0.3 is 0 Å². The summed E-state index contributed by atoms with van der Waals surface area (Å²) >= 11 is 0. The van der Waals surface area contributed by atoms with E-state index in [0.717, 1.165) is 0 Å². The fraction of sp³-hybridized carbons (Fsp3) is 0.750. The van der Waals surface area contributed by atoms with Crippen LogP contribution in [0.15, 0.2) is 0 Å². The van der Waals surface area contributed by atoms with E-state index in [4.69, 9.17) is 17.1 Å². The molecule has 3 nitrogen and oxygen atoms in total. The highest BCUT2D eigenvalue weighted by atomic mass is 16.3. The van der Waals surface area contributed by atoms with Gasteiger partial charge in [0.25, 0.3) is 0 Å². The molecule has 0 spiro atoms. The van der Waals surface area contributed by atoms with Crippen molar-refractivity contribution in [2.24, 2.45) is 0 Å². The monoisotopic (exact) mass is 158 g/mol. The topological polar surface area (TPSA) is 57.5 Å². The van der Waals surface area contributed by atoms with E-state index in [1.165, 1.54) is 0 Å². The Balaban J connectivity index is 3.30. The number of Topliss-reactive ketones (excluding diaryl/α,β-unsaturated/α-hetero) is 1. The molecule has 1 atom stereocenters. The number of rotatable bonds is 6. The van der Waals surface area contributed by atoms with Crippen molar-refractivity contribution in [1.29, 1.82) is 0 Å². The van der Waals surface area contributed by atoms with Gasteiger partial charge < -0.3 is 10.2 Å².